The number of rotatable bonds is 16. The van der Waals surface area contributed by atoms with Gasteiger partial charge in [-0.05, 0) is 123 Å². The van der Waals surface area contributed by atoms with Gasteiger partial charge in [0, 0.05) is 57.1 Å². The molecule has 318 valence electrons. The minimum absolute atomic E-state index is 0.0392. The van der Waals surface area contributed by atoms with Crippen LogP contribution in [0.1, 0.15) is 133 Å². The second kappa shape index (κ2) is 18.6. The van der Waals surface area contributed by atoms with Crippen LogP contribution >= 0.6 is 0 Å². The Hall–Kier alpha value is -4.79. The molecule has 0 aromatic carbocycles. The van der Waals surface area contributed by atoms with Gasteiger partial charge < -0.3 is 30.1 Å². The number of methoxy groups -OCH3 is 1. The molecule has 0 spiro atoms. The molecule has 4 N–H and O–H groups in total. The number of fused-ring (bicyclic) bond motifs is 8. The van der Waals surface area contributed by atoms with E-state index >= 15 is 0 Å². The van der Waals surface area contributed by atoms with E-state index in [0.29, 0.717) is 12.0 Å². The van der Waals surface area contributed by atoms with Crippen LogP contribution in [0.3, 0.4) is 0 Å². The first kappa shape index (κ1) is 43.8. The molecule has 1 saturated heterocycles. The van der Waals surface area contributed by atoms with Crippen LogP contribution in [0.5, 0.6) is 0 Å². The summed E-state index contributed by atoms with van der Waals surface area (Å²) in [7, 11) is 1.34. The van der Waals surface area contributed by atoms with Gasteiger partial charge in [-0.15, -0.1) is 0 Å². The third-order valence-corrected chi connectivity index (χ3v) is 13.6. The van der Waals surface area contributed by atoms with Gasteiger partial charge in [-0.25, -0.2) is 0 Å². The highest BCUT2D eigenvalue weighted by Crippen LogP contribution is 2.49. The summed E-state index contributed by atoms with van der Waals surface area (Å²) >= 11 is 0. The lowest BCUT2D eigenvalue weighted by molar-refractivity contribution is -0.148. The molecule has 3 aliphatic heterocycles. The Balaban J connectivity index is 1.30. The van der Waals surface area contributed by atoms with E-state index in [-0.39, 0.29) is 36.6 Å². The highest BCUT2D eigenvalue weighted by Gasteiger charge is 2.55. The number of carbonyl (C=O) groups excluding carboxylic acids is 3. The van der Waals surface area contributed by atoms with Crippen molar-refractivity contribution in [3.63, 3.8) is 0 Å². The number of ether oxygens (including phenoxy) is 2. The Morgan fingerprint density at radius 3 is 2.39 bits per heavy atom. The van der Waals surface area contributed by atoms with Crippen LogP contribution < -0.4 is 21.3 Å². The summed E-state index contributed by atoms with van der Waals surface area (Å²) in [4.78, 5) is 48.7. The van der Waals surface area contributed by atoms with Gasteiger partial charge in [0.2, 0.25) is 0 Å². The topological polar surface area (TPSA) is 125 Å². The van der Waals surface area contributed by atoms with Crippen molar-refractivity contribution in [2.24, 2.45) is 35.5 Å². The lowest BCUT2D eigenvalue weighted by Gasteiger charge is -2.26. The predicted octanol–water partition coefficient (Wildman–Crippen LogP) is 8.37. The molecule has 0 amide bonds. The number of nitrogens with one attached hydrogen (secondary N) is 4. The highest BCUT2D eigenvalue weighted by atomic mass is 16.5. The number of allylic oxidation sites excluding steroid dienone is 4. The Labute approximate surface area is 351 Å². The summed E-state index contributed by atoms with van der Waals surface area (Å²) in [6, 6.07) is -0.412. The molecule has 1 fully saturated rings. The standard InChI is InChI=1S/C50H68N4O5/c1-12-34-30(7)37-24-39-32(9)36(20-21-43(55)59-23-22-29(6)19-15-18-28(5)17-14-16-27(3)4)47(53-39)45-46(50(57)58-11)49(56)44-33(10)40(54-48(44)45)26-42-35(13-2)31(8)38(52-42)25-41(34)51-37/h12,22,24-28,32,36,44,46-47,51-54H,1,13-21,23H2,2-11H3/b29-22+,38-25-,39-24-,42-26-/t28-,32+,36+,44-,46-,47?/m1/s1. The van der Waals surface area contributed by atoms with E-state index in [1.807, 2.05) is 19.1 Å². The minimum atomic E-state index is -1.07. The quantitative estimate of drug-likeness (QED) is 0.0764. The molecule has 2 aromatic rings. The van der Waals surface area contributed by atoms with E-state index in [1.165, 1.54) is 49.5 Å². The van der Waals surface area contributed by atoms with Crippen molar-refractivity contribution in [3.8, 4) is 0 Å². The zero-order chi connectivity index (χ0) is 42.7. The summed E-state index contributed by atoms with van der Waals surface area (Å²) < 4.78 is 11.1. The van der Waals surface area contributed by atoms with Crippen molar-refractivity contribution in [1.29, 1.82) is 0 Å². The first-order chi connectivity index (χ1) is 28.2. The lowest BCUT2D eigenvalue weighted by atomic mass is 9.80. The monoisotopic (exact) mass is 805 g/mol. The molecule has 9 nitrogen and oxygen atoms in total. The molecular weight excluding hydrogens is 737 g/mol. The first-order valence-electron chi connectivity index (χ1n) is 22.1. The smallest absolute Gasteiger partial charge is 0.320 e. The number of carbonyl (C=O) groups is 3. The van der Waals surface area contributed by atoms with Crippen LogP contribution in [0.2, 0.25) is 0 Å². The van der Waals surface area contributed by atoms with Gasteiger partial charge in [0.25, 0.3) is 0 Å². The molecule has 0 saturated carbocycles. The highest BCUT2D eigenvalue weighted by molar-refractivity contribution is 6.09. The average Bonchev–Trinajstić information content (AvgIpc) is 3.94. The van der Waals surface area contributed by atoms with Crippen molar-refractivity contribution in [2.75, 3.05) is 13.7 Å². The van der Waals surface area contributed by atoms with E-state index in [9.17, 15) is 14.4 Å². The number of aromatic nitrogens is 2. The molecule has 9 heteroatoms. The summed E-state index contributed by atoms with van der Waals surface area (Å²) in [6.45, 7) is 24.0. The van der Waals surface area contributed by atoms with Crippen molar-refractivity contribution in [1.82, 2.24) is 20.6 Å². The number of H-pyrrole nitrogens is 2. The van der Waals surface area contributed by atoms with E-state index in [4.69, 9.17) is 9.47 Å². The number of ketones is 1. The summed E-state index contributed by atoms with van der Waals surface area (Å²) in [5.41, 5.74) is 11.7. The van der Waals surface area contributed by atoms with Crippen molar-refractivity contribution >= 4 is 42.0 Å². The molecule has 6 atom stereocenters. The number of hydrogen-bond acceptors (Lipinski definition) is 7. The molecule has 4 aliphatic rings. The van der Waals surface area contributed by atoms with Crippen LogP contribution in [0.4, 0.5) is 0 Å². The molecule has 6 rings (SSSR count). The molecule has 5 heterocycles. The fraction of sp³-hybridized carbons (Fsp3) is 0.540. The van der Waals surface area contributed by atoms with E-state index < -0.39 is 23.8 Å². The number of esters is 2. The zero-order valence-electron chi connectivity index (χ0n) is 37.2. The summed E-state index contributed by atoms with van der Waals surface area (Å²) in [6.07, 6.45) is 19.1. The van der Waals surface area contributed by atoms with E-state index in [0.717, 1.165) is 87.0 Å². The van der Waals surface area contributed by atoms with Gasteiger partial charge >= 0.3 is 11.9 Å². The first-order valence-corrected chi connectivity index (χ1v) is 22.1. The Morgan fingerprint density at radius 2 is 1.69 bits per heavy atom. The maximum atomic E-state index is 14.4. The van der Waals surface area contributed by atoms with Crippen LogP contribution in [0.15, 0.2) is 46.5 Å². The molecular formula is C50H68N4O5. The molecule has 8 bridgehead atoms. The molecule has 2 aromatic heterocycles. The Bertz CT molecular complexity index is 2220. The largest absolute Gasteiger partial charge is 0.468 e. The van der Waals surface area contributed by atoms with Crippen molar-refractivity contribution in [3.05, 3.63) is 90.8 Å². The van der Waals surface area contributed by atoms with Gasteiger partial charge in [0.15, 0.2) is 5.78 Å². The van der Waals surface area contributed by atoms with Gasteiger partial charge in [0.05, 0.1) is 19.1 Å². The number of aromatic amines is 2. The van der Waals surface area contributed by atoms with Crippen LogP contribution in [0.25, 0.3) is 24.3 Å². The summed E-state index contributed by atoms with van der Waals surface area (Å²) in [5, 5.41) is 9.42. The molecule has 59 heavy (non-hydrogen) atoms. The minimum Gasteiger partial charge on any atom is -0.468 e. The second-order valence-corrected chi connectivity index (χ2v) is 18.0. The third-order valence-electron chi connectivity index (χ3n) is 13.6. The van der Waals surface area contributed by atoms with Crippen molar-refractivity contribution in [2.45, 2.75) is 126 Å². The van der Waals surface area contributed by atoms with Gasteiger partial charge in [0.1, 0.15) is 12.5 Å². The molecule has 0 radical (unpaired) electrons. The van der Waals surface area contributed by atoms with E-state index in [2.05, 4.69) is 101 Å². The molecule has 1 aliphatic carbocycles. The van der Waals surface area contributed by atoms with Crippen LogP contribution in [-0.2, 0) is 30.3 Å². The lowest BCUT2D eigenvalue weighted by Crippen LogP contribution is -2.37. The fourth-order valence-electron chi connectivity index (χ4n) is 9.96. The Morgan fingerprint density at radius 1 is 0.949 bits per heavy atom. The van der Waals surface area contributed by atoms with Crippen molar-refractivity contribution < 1.29 is 23.9 Å². The normalized spacial score (nSPS) is 24.9. The average molecular weight is 805 g/mol. The Kier molecular flexibility index (Phi) is 13.8. The van der Waals surface area contributed by atoms with Crippen LogP contribution in [-0.4, -0.2) is 47.4 Å². The molecule has 1 unspecified atom stereocenters. The van der Waals surface area contributed by atoms with E-state index in [1.54, 1.807) is 0 Å². The van der Waals surface area contributed by atoms with Gasteiger partial charge in [-0.1, -0.05) is 78.5 Å². The maximum Gasteiger partial charge on any atom is 0.320 e. The predicted molar refractivity (Wildman–Crippen MR) is 238 cm³/mol. The number of Topliss-reactive ketones (excluding diaryl/α,β-unsaturated/α-hetero) is 1. The third kappa shape index (κ3) is 9.04. The summed E-state index contributed by atoms with van der Waals surface area (Å²) in [5.74, 6) is -1.33. The second-order valence-electron chi connectivity index (χ2n) is 18.0. The zero-order valence-corrected chi connectivity index (χ0v) is 37.2. The number of hydrogen-bond donors (Lipinski definition) is 4. The maximum absolute atomic E-state index is 14.4. The van der Waals surface area contributed by atoms with Crippen LogP contribution in [0, 0.1) is 49.4 Å². The van der Waals surface area contributed by atoms with Gasteiger partial charge in [-0.2, -0.15) is 0 Å². The fourth-order valence-corrected chi connectivity index (χ4v) is 9.96. The van der Waals surface area contributed by atoms with Gasteiger partial charge in [-0.3, -0.25) is 14.4 Å². The SMILES string of the molecule is C=Cc1c2[nH]c(c1C)/C=C1\NC(C3=C4NC(=C(C)[C@H]4C(=O)[C@@H]3C(=O)OC)/C=c3\[nH]/c(c(C)c3CC)=C\2)[C@@H](CCC(=O)OC/C=C(\C)CCC[C@H](C)CCCC(C)C)[C@@H]1C.